The Labute approximate surface area is 194 Å². The average molecular weight is 440 g/mol. The number of nitrogens with zero attached hydrogens (tertiary/aromatic N) is 2. The van der Waals surface area contributed by atoms with Gasteiger partial charge in [-0.1, -0.05) is 36.4 Å². The summed E-state index contributed by atoms with van der Waals surface area (Å²) in [7, 11) is 1.72. The van der Waals surface area contributed by atoms with Crippen molar-refractivity contribution in [2.75, 3.05) is 30.8 Å². The van der Waals surface area contributed by atoms with Crippen molar-refractivity contribution in [1.29, 1.82) is 0 Å². The summed E-state index contributed by atoms with van der Waals surface area (Å²) in [5.74, 6) is 0.832. The summed E-state index contributed by atoms with van der Waals surface area (Å²) in [6, 6.07) is 22.7. The third-order valence-electron chi connectivity index (χ3n) is 6.24. The molecule has 168 valence electrons. The Bertz CT molecular complexity index is 1260. The third kappa shape index (κ3) is 4.12. The minimum Gasteiger partial charge on any atom is -0.495 e. The first-order valence-electron chi connectivity index (χ1n) is 11.4. The van der Waals surface area contributed by atoms with Crippen LogP contribution in [0.4, 0.5) is 11.4 Å². The highest BCUT2D eigenvalue weighted by Crippen LogP contribution is 2.39. The van der Waals surface area contributed by atoms with Crippen molar-refractivity contribution < 1.29 is 9.47 Å². The lowest BCUT2D eigenvalue weighted by atomic mass is 9.98. The molecule has 2 atom stereocenters. The maximum absolute atomic E-state index is 5.91. The van der Waals surface area contributed by atoms with Crippen molar-refractivity contribution in [3.05, 3.63) is 72.9 Å². The summed E-state index contributed by atoms with van der Waals surface area (Å²) >= 11 is 0. The van der Waals surface area contributed by atoms with Crippen LogP contribution in [0.25, 0.3) is 33.2 Å². The van der Waals surface area contributed by atoms with Crippen LogP contribution < -0.4 is 15.4 Å². The van der Waals surface area contributed by atoms with Crippen LogP contribution in [-0.4, -0.2) is 37.4 Å². The van der Waals surface area contributed by atoms with Crippen molar-refractivity contribution in [3.8, 4) is 28.0 Å². The molecule has 1 fully saturated rings. The fraction of sp³-hybridized carbons (Fsp3) is 0.250. The summed E-state index contributed by atoms with van der Waals surface area (Å²) < 4.78 is 11.8. The SMILES string of the molecule is COc1c(-c2ccc(N3CC(C)OC(C)C3)cc2)cnc2c(-c3ccc(N)cc3)cccc12. The van der Waals surface area contributed by atoms with E-state index in [-0.39, 0.29) is 12.2 Å². The van der Waals surface area contributed by atoms with Crippen molar-refractivity contribution in [2.45, 2.75) is 26.1 Å². The third-order valence-corrected chi connectivity index (χ3v) is 6.24. The van der Waals surface area contributed by atoms with E-state index < -0.39 is 0 Å². The summed E-state index contributed by atoms with van der Waals surface area (Å²) in [5.41, 5.74) is 12.9. The maximum Gasteiger partial charge on any atom is 0.137 e. The van der Waals surface area contributed by atoms with Crippen LogP contribution in [0.2, 0.25) is 0 Å². The molecule has 2 unspecified atom stereocenters. The molecule has 1 aliphatic rings. The normalized spacial score (nSPS) is 18.5. The highest BCUT2D eigenvalue weighted by atomic mass is 16.5. The Balaban J connectivity index is 1.53. The molecule has 4 aromatic rings. The molecule has 0 bridgehead atoms. The Kier molecular flexibility index (Phi) is 5.65. The number of rotatable bonds is 4. The highest BCUT2D eigenvalue weighted by Gasteiger charge is 2.22. The predicted molar refractivity (Wildman–Crippen MR) is 136 cm³/mol. The number of nitrogen functional groups attached to an aromatic ring is 1. The van der Waals surface area contributed by atoms with Crippen LogP contribution in [0.5, 0.6) is 5.75 Å². The molecule has 5 rings (SSSR count). The summed E-state index contributed by atoms with van der Waals surface area (Å²) in [5, 5.41) is 0.990. The van der Waals surface area contributed by atoms with Crippen LogP contribution in [-0.2, 0) is 4.74 Å². The van der Waals surface area contributed by atoms with Gasteiger partial charge in [0.1, 0.15) is 5.75 Å². The number of fused-ring (bicyclic) bond motifs is 1. The minimum atomic E-state index is 0.230. The zero-order valence-corrected chi connectivity index (χ0v) is 19.3. The van der Waals surface area contributed by atoms with Gasteiger partial charge in [-0.25, -0.2) is 0 Å². The van der Waals surface area contributed by atoms with Gasteiger partial charge in [0.15, 0.2) is 0 Å². The van der Waals surface area contributed by atoms with Gasteiger partial charge in [-0.15, -0.1) is 0 Å². The molecular weight excluding hydrogens is 410 g/mol. The van der Waals surface area contributed by atoms with Crippen LogP contribution in [0.15, 0.2) is 72.9 Å². The molecule has 33 heavy (non-hydrogen) atoms. The van der Waals surface area contributed by atoms with E-state index in [1.54, 1.807) is 7.11 Å². The molecular formula is C28H29N3O2. The molecule has 1 aromatic heterocycles. The van der Waals surface area contributed by atoms with Gasteiger partial charge in [0, 0.05) is 47.2 Å². The van der Waals surface area contributed by atoms with E-state index in [2.05, 4.69) is 55.1 Å². The van der Waals surface area contributed by atoms with Crippen LogP contribution in [0.3, 0.4) is 0 Å². The van der Waals surface area contributed by atoms with E-state index in [0.29, 0.717) is 0 Å². The zero-order valence-electron chi connectivity index (χ0n) is 19.3. The second-order valence-electron chi connectivity index (χ2n) is 8.74. The molecule has 0 amide bonds. The van der Waals surface area contributed by atoms with Crippen molar-refractivity contribution in [3.63, 3.8) is 0 Å². The smallest absolute Gasteiger partial charge is 0.137 e. The van der Waals surface area contributed by atoms with Gasteiger partial charge in [0.25, 0.3) is 0 Å². The summed E-state index contributed by atoms with van der Waals surface area (Å²) in [6.07, 6.45) is 2.37. The molecule has 1 aliphatic heterocycles. The molecule has 5 heteroatoms. The number of pyridine rings is 1. The van der Waals surface area contributed by atoms with Crippen molar-refractivity contribution in [2.24, 2.45) is 0 Å². The lowest BCUT2D eigenvalue weighted by Gasteiger charge is -2.36. The Morgan fingerprint density at radius 2 is 1.52 bits per heavy atom. The first-order chi connectivity index (χ1) is 16.0. The Hall–Kier alpha value is -3.57. The first-order valence-corrected chi connectivity index (χ1v) is 11.4. The minimum absolute atomic E-state index is 0.230. The lowest BCUT2D eigenvalue weighted by Crippen LogP contribution is -2.45. The second kappa shape index (κ2) is 8.75. The average Bonchev–Trinajstić information content (AvgIpc) is 2.83. The molecule has 3 aromatic carbocycles. The highest BCUT2D eigenvalue weighted by molar-refractivity contribution is 6.00. The number of morpholine rings is 1. The largest absolute Gasteiger partial charge is 0.495 e. The molecule has 0 spiro atoms. The summed E-state index contributed by atoms with van der Waals surface area (Å²) in [4.78, 5) is 7.25. The van der Waals surface area contributed by atoms with Crippen LogP contribution >= 0.6 is 0 Å². The topological polar surface area (TPSA) is 60.6 Å². The zero-order chi connectivity index (χ0) is 22.9. The van der Waals surface area contributed by atoms with E-state index in [0.717, 1.165) is 57.7 Å². The number of para-hydroxylation sites is 1. The number of methoxy groups -OCH3 is 1. The molecule has 5 nitrogen and oxygen atoms in total. The molecule has 1 saturated heterocycles. The van der Waals surface area contributed by atoms with Gasteiger partial charge < -0.3 is 20.1 Å². The number of ether oxygens (including phenoxy) is 2. The molecule has 0 saturated carbocycles. The van der Waals surface area contributed by atoms with E-state index >= 15 is 0 Å². The quantitative estimate of drug-likeness (QED) is 0.409. The Morgan fingerprint density at radius 1 is 0.879 bits per heavy atom. The fourth-order valence-electron chi connectivity index (χ4n) is 4.76. The van der Waals surface area contributed by atoms with Gasteiger partial charge in [-0.05, 0) is 55.3 Å². The van der Waals surface area contributed by atoms with Crippen LogP contribution in [0, 0.1) is 0 Å². The number of aromatic nitrogens is 1. The van der Waals surface area contributed by atoms with E-state index in [4.69, 9.17) is 20.2 Å². The monoisotopic (exact) mass is 439 g/mol. The van der Waals surface area contributed by atoms with E-state index in [1.807, 2.05) is 36.5 Å². The molecule has 2 heterocycles. The summed E-state index contributed by atoms with van der Waals surface area (Å²) in [6.45, 7) is 6.06. The molecule has 0 aliphatic carbocycles. The number of hydrogen-bond acceptors (Lipinski definition) is 5. The fourth-order valence-corrected chi connectivity index (χ4v) is 4.76. The van der Waals surface area contributed by atoms with E-state index in [1.165, 1.54) is 5.69 Å². The van der Waals surface area contributed by atoms with Crippen molar-refractivity contribution >= 4 is 22.3 Å². The standard InChI is InChI=1S/C28H29N3O2/c1-18-16-31(17-19(2)33-18)23-13-9-21(10-14-23)26-15-30-27-24(20-7-11-22(29)12-8-20)5-4-6-25(27)28(26)32-3/h4-15,18-19H,16-17,29H2,1-3H3. The molecule has 0 radical (unpaired) electrons. The first kappa shape index (κ1) is 21.3. The lowest BCUT2D eigenvalue weighted by molar-refractivity contribution is -0.00521. The predicted octanol–water partition coefficient (Wildman–Crippen LogP) is 5.77. The molecule has 2 N–H and O–H groups in total. The van der Waals surface area contributed by atoms with Gasteiger partial charge in [-0.3, -0.25) is 4.98 Å². The number of nitrogens with two attached hydrogens (primary N) is 1. The second-order valence-corrected chi connectivity index (χ2v) is 8.74. The van der Waals surface area contributed by atoms with Crippen molar-refractivity contribution in [1.82, 2.24) is 4.98 Å². The number of hydrogen-bond donors (Lipinski definition) is 1. The maximum atomic E-state index is 5.91. The number of anilines is 2. The van der Waals surface area contributed by atoms with Gasteiger partial charge in [0.05, 0.1) is 24.8 Å². The Morgan fingerprint density at radius 3 is 2.18 bits per heavy atom. The van der Waals surface area contributed by atoms with E-state index in [9.17, 15) is 0 Å². The van der Waals surface area contributed by atoms with Gasteiger partial charge in [-0.2, -0.15) is 0 Å². The number of benzene rings is 3. The van der Waals surface area contributed by atoms with Crippen LogP contribution in [0.1, 0.15) is 13.8 Å². The van der Waals surface area contributed by atoms with Gasteiger partial charge in [0.2, 0.25) is 0 Å². The van der Waals surface area contributed by atoms with Gasteiger partial charge >= 0.3 is 0 Å².